The maximum absolute atomic E-state index is 6.45. The molecule has 1 aromatic rings. The van der Waals surface area contributed by atoms with Crippen molar-refractivity contribution in [3.8, 4) is 5.75 Å². The van der Waals surface area contributed by atoms with E-state index in [0.29, 0.717) is 5.41 Å². The lowest BCUT2D eigenvalue weighted by molar-refractivity contribution is -0.0974. The lowest BCUT2D eigenvalue weighted by Crippen LogP contribution is -2.50. The number of aryl methyl sites for hydroxylation is 1. The van der Waals surface area contributed by atoms with Crippen molar-refractivity contribution in [2.24, 2.45) is 17.3 Å². The largest absolute Gasteiger partial charge is 0.497 e. The van der Waals surface area contributed by atoms with Gasteiger partial charge in [0.15, 0.2) is 0 Å². The molecule has 5 rings (SSSR count). The van der Waals surface area contributed by atoms with Crippen molar-refractivity contribution in [3.05, 3.63) is 41.7 Å². The first-order valence-electron chi connectivity index (χ1n) is 10.1. The van der Waals surface area contributed by atoms with Crippen LogP contribution in [0.5, 0.6) is 5.75 Å². The maximum atomic E-state index is 6.45. The zero-order valence-electron chi connectivity index (χ0n) is 15.6. The molecule has 1 aromatic carbocycles. The van der Waals surface area contributed by atoms with Crippen molar-refractivity contribution in [2.45, 2.75) is 69.8 Å². The Hall–Kier alpha value is -1.44. The molecule has 5 atom stereocenters. The van der Waals surface area contributed by atoms with Crippen molar-refractivity contribution < 1.29 is 9.47 Å². The average Bonchev–Trinajstić information content (AvgIpc) is 3.15. The van der Waals surface area contributed by atoms with E-state index in [2.05, 4.69) is 31.7 Å². The monoisotopic (exact) mass is 338 g/mol. The van der Waals surface area contributed by atoms with Crippen LogP contribution in [0.15, 0.2) is 30.5 Å². The first kappa shape index (κ1) is 15.8. The third-order valence-corrected chi connectivity index (χ3v) is 8.37. The molecular weight excluding hydrogens is 308 g/mol. The molecule has 1 heterocycles. The SMILES string of the molecule is C=C1CC[C@@]2(CCC3C4CCc5cc(OC)ccc5C4CC[C@@]32C)O1. The number of benzene rings is 1. The predicted molar refractivity (Wildman–Crippen MR) is 99.8 cm³/mol. The van der Waals surface area contributed by atoms with Crippen molar-refractivity contribution in [2.75, 3.05) is 7.11 Å². The molecule has 2 saturated carbocycles. The van der Waals surface area contributed by atoms with Crippen LogP contribution in [0.4, 0.5) is 0 Å². The van der Waals surface area contributed by atoms with Gasteiger partial charge in [-0.25, -0.2) is 0 Å². The fourth-order valence-corrected chi connectivity index (χ4v) is 7.08. The van der Waals surface area contributed by atoms with E-state index in [1.54, 1.807) is 12.7 Å². The van der Waals surface area contributed by atoms with Gasteiger partial charge in [0.1, 0.15) is 11.4 Å². The Morgan fingerprint density at radius 2 is 2.00 bits per heavy atom. The second-order valence-electron chi connectivity index (χ2n) is 9.11. The standard InChI is InChI=1S/C23H30O2/c1-15-8-12-23(25-15)13-10-21-20-6-4-16-14-17(24-3)5-7-18(16)19(20)9-11-22(21,23)2/h5,7,14,19-21H,1,4,6,8-13H2,2-3H3/t19?,20?,21?,22-,23-/m0/s1. The highest BCUT2D eigenvalue weighted by molar-refractivity contribution is 5.41. The molecule has 2 heteroatoms. The number of ether oxygens (including phenoxy) is 2. The summed E-state index contributed by atoms with van der Waals surface area (Å²) >= 11 is 0. The number of allylic oxidation sites excluding steroid dienone is 1. The minimum atomic E-state index is 0.0971. The number of hydrogen-bond donors (Lipinski definition) is 0. The normalized spacial score (nSPS) is 41.8. The van der Waals surface area contributed by atoms with Gasteiger partial charge < -0.3 is 9.47 Å². The Morgan fingerprint density at radius 3 is 2.76 bits per heavy atom. The van der Waals surface area contributed by atoms with E-state index >= 15 is 0 Å². The van der Waals surface area contributed by atoms with Gasteiger partial charge in [-0.15, -0.1) is 0 Å². The summed E-state index contributed by atoms with van der Waals surface area (Å²) in [7, 11) is 1.77. The minimum absolute atomic E-state index is 0.0971. The third-order valence-electron chi connectivity index (χ3n) is 8.37. The molecule has 134 valence electrons. The van der Waals surface area contributed by atoms with Crippen LogP contribution in [0.3, 0.4) is 0 Å². The van der Waals surface area contributed by atoms with Gasteiger partial charge in [-0.05, 0) is 86.0 Å². The predicted octanol–water partition coefficient (Wildman–Crippen LogP) is 5.61. The van der Waals surface area contributed by atoms with Crippen LogP contribution >= 0.6 is 0 Å². The van der Waals surface area contributed by atoms with Crippen LogP contribution in [0.2, 0.25) is 0 Å². The van der Waals surface area contributed by atoms with Crippen LogP contribution in [0.1, 0.15) is 68.9 Å². The molecule has 1 aliphatic heterocycles. The van der Waals surface area contributed by atoms with Crippen LogP contribution in [0, 0.1) is 17.3 Å². The molecule has 3 fully saturated rings. The van der Waals surface area contributed by atoms with E-state index in [4.69, 9.17) is 9.47 Å². The number of fused-ring (bicyclic) bond motifs is 6. The second kappa shape index (κ2) is 5.28. The molecule has 2 nitrogen and oxygen atoms in total. The summed E-state index contributed by atoms with van der Waals surface area (Å²) in [6, 6.07) is 6.79. The molecule has 0 bridgehead atoms. The third kappa shape index (κ3) is 2.03. The van der Waals surface area contributed by atoms with Crippen molar-refractivity contribution in [3.63, 3.8) is 0 Å². The Labute approximate surface area is 151 Å². The number of rotatable bonds is 1. The van der Waals surface area contributed by atoms with E-state index in [-0.39, 0.29) is 5.60 Å². The molecule has 0 N–H and O–H groups in total. The number of hydrogen-bond acceptors (Lipinski definition) is 2. The van der Waals surface area contributed by atoms with Crippen LogP contribution in [0.25, 0.3) is 0 Å². The molecule has 25 heavy (non-hydrogen) atoms. The van der Waals surface area contributed by atoms with E-state index in [9.17, 15) is 0 Å². The average molecular weight is 338 g/mol. The van der Waals surface area contributed by atoms with Gasteiger partial charge in [0, 0.05) is 11.8 Å². The quantitative estimate of drug-likeness (QED) is 0.662. The Balaban J connectivity index is 1.48. The summed E-state index contributed by atoms with van der Waals surface area (Å²) in [5, 5.41) is 0. The zero-order chi connectivity index (χ0) is 17.2. The van der Waals surface area contributed by atoms with Gasteiger partial charge in [-0.2, -0.15) is 0 Å². The molecule has 4 aliphatic rings. The van der Waals surface area contributed by atoms with Gasteiger partial charge in [0.2, 0.25) is 0 Å². The molecule has 3 aliphatic carbocycles. The van der Waals surface area contributed by atoms with Crippen LogP contribution in [-0.2, 0) is 11.2 Å². The first-order chi connectivity index (χ1) is 12.1. The van der Waals surface area contributed by atoms with E-state index in [0.717, 1.165) is 35.7 Å². The fourth-order valence-electron chi connectivity index (χ4n) is 7.08. The van der Waals surface area contributed by atoms with Gasteiger partial charge >= 0.3 is 0 Å². The summed E-state index contributed by atoms with van der Waals surface area (Å²) in [6.45, 7) is 6.68. The van der Waals surface area contributed by atoms with Crippen molar-refractivity contribution >= 4 is 0 Å². The smallest absolute Gasteiger partial charge is 0.119 e. The summed E-state index contributed by atoms with van der Waals surface area (Å²) in [4.78, 5) is 0. The van der Waals surface area contributed by atoms with Gasteiger partial charge in [0.05, 0.1) is 12.9 Å². The highest BCUT2D eigenvalue weighted by Gasteiger charge is 2.64. The summed E-state index contributed by atoms with van der Waals surface area (Å²) in [5.74, 6) is 4.43. The molecule has 0 aromatic heterocycles. The van der Waals surface area contributed by atoms with E-state index < -0.39 is 0 Å². The van der Waals surface area contributed by atoms with Crippen LogP contribution in [-0.4, -0.2) is 12.7 Å². The molecule has 1 saturated heterocycles. The maximum Gasteiger partial charge on any atom is 0.119 e. The van der Waals surface area contributed by atoms with E-state index in [1.807, 2.05) is 0 Å². The molecule has 0 radical (unpaired) electrons. The highest BCUT2D eigenvalue weighted by atomic mass is 16.5. The molecular formula is C23H30O2. The van der Waals surface area contributed by atoms with Crippen molar-refractivity contribution in [1.29, 1.82) is 0 Å². The second-order valence-corrected chi connectivity index (χ2v) is 9.11. The van der Waals surface area contributed by atoms with E-state index in [1.165, 1.54) is 50.5 Å². The topological polar surface area (TPSA) is 18.5 Å². The summed E-state index contributed by atoms with van der Waals surface area (Å²) in [6.07, 6.45) is 10.0. The Morgan fingerprint density at radius 1 is 1.12 bits per heavy atom. The summed E-state index contributed by atoms with van der Waals surface area (Å²) < 4.78 is 11.9. The van der Waals surface area contributed by atoms with Gasteiger partial charge in [0.25, 0.3) is 0 Å². The highest BCUT2D eigenvalue weighted by Crippen LogP contribution is 2.68. The first-order valence-corrected chi connectivity index (χ1v) is 10.1. The summed E-state index contributed by atoms with van der Waals surface area (Å²) in [5.41, 5.74) is 3.58. The van der Waals surface area contributed by atoms with Crippen LogP contribution < -0.4 is 4.74 Å². The minimum Gasteiger partial charge on any atom is -0.497 e. The Kier molecular flexibility index (Phi) is 3.34. The fraction of sp³-hybridized carbons (Fsp3) is 0.652. The van der Waals surface area contributed by atoms with Crippen molar-refractivity contribution in [1.82, 2.24) is 0 Å². The zero-order valence-corrected chi connectivity index (χ0v) is 15.6. The van der Waals surface area contributed by atoms with Gasteiger partial charge in [-0.1, -0.05) is 19.6 Å². The lowest BCUT2D eigenvalue weighted by Gasteiger charge is -2.53. The Bertz CT molecular complexity index is 723. The van der Waals surface area contributed by atoms with Gasteiger partial charge in [-0.3, -0.25) is 0 Å². The number of methoxy groups -OCH3 is 1. The molecule has 3 unspecified atom stereocenters. The molecule has 1 spiro atoms. The molecule has 0 amide bonds. The lowest BCUT2D eigenvalue weighted by atomic mass is 9.53.